The highest BCUT2D eigenvalue weighted by Gasteiger charge is 2.09. The second kappa shape index (κ2) is 3.99. The highest BCUT2D eigenvalue weighted by atomic mass is 16.3. The maximum Gasteiger partial charge on any atom is 0.245 e. The fourth-order valence-corrected chi connectivity index (χ4v) is 0.248. The maximum atomic E-state index is 10.3. The van der Waals surface area contributed by atoms with E-state index in [4.69, 9.17) is 10.8 Å². The molecule has 5 heteroatoms. The number of carbonyl (C=O) groups excluding carboxylic acids is 2. The van der Waals surface area contributed by atoms with Gasteiger partial charge in [0.1, 0.15) is 6.04 Å². The third-order valence-corrected chi connectivity index (χ3v) is 0.735. The van der Waals surface area contributed by atoms with E-state index in [0.29, 0.717) is 0 Å². The molecule has 0 aromatic carbocycles. The van der Waals surface area contributed by atoms with E-state index in [0.717, 1.165) is 0 Å². The number of hydrogen-bond donors (Lipinski definition) is 3. The summed E-state index contributed by atoms with van der Waals surface area (Å²) in [7, 11) is 0. The van der Waals surface area contributed by atoms with E-state index in [-0.39, 0.29) is 6.41 Å². The van der Waals surface area contributed by atoms with Crippen LogP contribution in [0.2, 0.25) is 0 Å². The van der Waals surface area contributed by atoms with Crippen molar-refractivity contribution in [3.8, 4) is 0 Å². The van der Waals surface area contributed by atoms with Crippen LogP contribution < -0.4 is 11.1 Å². The van der Waals surface area contributed by atoms with Crippen LogP contribution in [0.5, 0.6) is 0 Å². The summed E-state index contributed by atoms with van der Waals surface area (Å²) < 4.78 is 0. The normalized spacial score (nSPS) is 12.2. The molecular formula is C4H8N2O3. The first kappa shape index (κ1) is 8.06. The number of aliphatic hydroxyl groups is 1. The average Bonchev–Trinajstić information content (AvgIpc) is 1.87. The lowest BCUT2D eigenvalue weighted by Crippen LogP contribution is -2.42. The number of aliphatic hydroxyl groups excluding tert-OH is 1. The molecule has 0 bridgehead atoms. The first-order valence-corrected chi connectivity index (χ1v) is 2.32. The lowest BCUT2D eigenvalue weighted by Gasteiger charge is -2.02. The van der Waals surface area contributed by atoms with E-state index < -0.39 is 18.6 Å². The largest absolute Gasteiger partial charge is 0.394 e. The Morgan fingerprint density at radius 3 is 2.78 bits per heavy atom. The molecule has 0 aromatic heterocycles. The minimum atomic E-state index is -1.00. The summed E-state index contributed by atoms with van der Waals surface area (Å²) in [4.78, 5) is 19.9. The Hall–Kier alpha value is -0.940. The fraction of sp³-hybridized carbons (Fsp3) is 0.500. The smallest absolute Gasteiger partial charge is 0.245 e. The van der Waals surface area contributed by atoms with Gasteiger partial charge in [0.2, 0.25) is 12.3 Å². The maximum absolute atomic E-state index is 10.3. The van der Waals surface area contributed by atoms with E-state index in [1.807, 2.05) is 0 Å². The molecule has 1 atom stereocenters. The van der Waals surface area contributed by atoms with Gasteiger partial charge in [0.15, 0.2) is 0 Å². The van der Waals surface area contributed by atoms with Crippen LogP contribution in [0.4, 0.5) is 0 Å². The molecule has 0 saturated heterocycles. The standard InChI is InChI=1S/C4H8N2O3/c5-3(1-7)4(9)6-2-8/h2-3,7H,1,5H2,(H,6,8,9)/t3-/m0/s1. The van der Waals surface area contributed by atoms with Crippen molar-refractivity contribution in [3.63, 3.8) is 0 Å². The third-order valence-electron chi connectivity index (χ3n) is 0.735. The zero-order valence-corrected chi connectivity index (χ0v) is 4.70. The molecule has 0 aliphatic heterocycles. The summed E-state index contributed by atoms with van der Waals surface area (Å²) in [6.07, 6.45) is 0.220. The van der Waals surface area contributed by atoms with E-state index in [2.05, 4.69) is 0 Å². The van der Waals surface area contributed by atoms with Gasteiger partial charge in [-0.3, -0.25) is 14.9 Å². The molecule has 0 unspecified atom stereocenters. The van der Waals surface area contributed by atoms with Crippen LogP contribution >= 0.6 is 0 Å². The number of carbonyl (C=O) groups is 2. The van der Waals surface area contributed by atoms with Crippen molar-refractivity contribution in [2.45, 2.75) is 6.04 Å². The number of amides is 2. The minimum Gasteiger partial charge on any atom is -0.394 e. The van der Waals surface area contributed by atoms with Crippen molar-refractivity contribution >= 4 is 12.3 Å². The molecule has 9 heavy (non-hydrogen) atoms. The van der Waals surface area contributed by atoms with Gasteiger partial charge in [-0.1, -0.05) is 0 Å². The van der Waals surface area contributed by atoms with Crippen molar-refractivity contribution in [1.82, 2.24) is 5.32 Å². The second-order valence-electron chi connectivity index (χ2n) is 1.42. The zero-order valence-electron chi connectivity index (χ0n) is 4.70. The fourth-order valence-electron chi connectivity index (χ4n) is 0.248. The molecule has 0 fully saturated rings. The molecule has 2 amide bonds. The van der Waals surface area contributed by atoms with Crippen LogP contribution in [0.25, 0.3) is 0 Å². The van der Waals surface area contributed by atoms with E-state index in [1.54, 1.807) is 5.32 Å². The van der Waals surface area contributed by atoms with Crippen molar-refractivity contribution in [2.75, 3.05) is 6.61 Å². The molecule has 0 aromatic rings. The monoisotopic (exact) mass is 132 g/mol. The summed E-state index contributed by atoms with van der Waals surface area (Å²) in [5.74, 6) is -0.674. The summed E-state index contributed by atoms with van der Waals surface area (Å²) >= 11 is 0. The van der Waals surface area contributed by atoms with Crippen LogP contribution in [0.15, 0.2) is 0 Å². The summed E-state index contributed by atoms with van der Waals surface area (Å²) in [6.45, 7) is -0.459. The molecule has 52 valence electrons. The molecule has 4 N–H and O–H groups in total. The Bertz CT molecular complexity index is 114. The van der Waals surface area contributed by atoms with Crippen molar-refractivity contribution < 1.29 is 14.7 Å². The minimum absolute atomic E-state index is 0.220. The Balaban J connectivity index is 3.58. The van der Waals surface area contributed by atoms with Crippen molar-refractivity contribution in [3.05, 3.63) is 0 Å². The molecule has 0 heterocycles. The van der Waals surface area contributed by atoms with Gasteiger partial charge in [-0.05, 0) is 0 Å². The van der Waals surface area contributed by atoms with Crippen LogP contribution in [0.1, 0.15) is 0 Å². The highest BCUT2D eigenvalue weighted by molar-refractivity contribution is 5.89. The lowest BCUT2D eigenvalue weighted by molar-refractivity contribution is -0.126. The molecule has 0 radical (unpaired) electrons. The van der Waals surface area contributed by atoms with Gasteiger partial charge in [0.05, 0.1) is 6.61 Å². The summed E-state index contributed by atoms with van der Waals surface area (Å²) in [5, 5.41) is 10.0. The first-order valence-electron chi connectivity index (χ1n) is 2.32. The van der Waals surface area contributed by atoms with Crippen LogP contribution in [-0.2, 0) is 9.59 Å². The highest BCUT2D eigenvalue weighted by Crippen LogP contribution is 1.72. The van der Waals surface area contributed by atoms with Gasteiger partial charge in [0.25, 0.3) is 0 Å². The van der Waals surface area contributed by atoms with Gasteiger partial charge in [-0.2, -0.15) is 0 Å². The van der Waals surface area contributed by atoms with Crippen LogP contribution in [0, 0.1) is 0 Å². The number of nitrogens with two attached hydrogens (primary N) is 1. The van der Waals surface area contributed by atoms with E-state index >= 15 is 0 Å². The Kier molecular flexibility index (Phi) is 3.57. The zero-order chi connectivity index (χ0) is 7.28. The Morgan fingerprint density at radius 1 is 1.89 bits per heavy atom. The van der Waals surface area contributed by atoms with Gasteiger partial charge in [-0.15, -0.1) is 0 Å². The first-order chi connectivity index (χ1) is 4.22. The predicted molar refractivity (Wildman–Crippen MR) is 29.3 cm³/mol. The Morgan fingerprint density at radius 2 is 2.44 bits per heavy atom. The number of nitrogens with one attached hydrogen (secondary N) is 1. The lowest BCUT2D eigenvalue weighted by atomic mass is 10.3. The van der Waals surface area contributed by atoms with E-state index in [9.17, 15) is 9.59 Å². The number of hydrogen-bond acceptors (Lipinski definition) is 4. The molecule has 5 nitrogen and oxygen atoms in total. The Labute approximate surface area is 51.8 Å². The number of rotatable bonds is 3. The van der Waals surface area contributed by atoms with Crippen molar-refractivity contribution in [2.24, 2.45) is 5.73 Å². The summed E-state index contributed by atoms with van der Waals surface area (Å²) in [5.41, 5.74) is 4.98. The molecule has 0 aliphatic rings. The van der Waals surface area contributed by atoms with Crippen LogP contribution in [-0.4, -0.2) is 30.1 Å². The van der Waals surface area contributed by atoms with Gasteiger partial charge in [-0.25, -0.2) is 0 Å². The second-order valence-corrected chi connectivity index (χ2v) is 1.42. The topological polar surface area (TPSA) is 92.4 Å². The predicted octanol–water partition coefficient (Wildman–Crippen LogP) is -2.42. The quantitative estimate of drug-likeness (QED) is 0.372. The van der Waals surface area contributed by atoms with Gasteiger partial charge < -0.3 is 10.8 Å². The molecule has 0 spiro atoms. The van der Waals surface area contributed by atoms with Gasteiger partial charge in [0, 0.05) is 0 Å². The SMILES string of the molecule is N[C@@H](CO)C(=O)NC=O. The van der Waals surface area contributed by atoms with Crippen LogP contribution in [0.3, 0.4) is 0 Å². The summed E-state index contributed by atoms with van der Waals surface area (Å²) in [6, 6.07) is -1.00. The molecule has 0 rings (SSSR count). The van der Waals surface area contributed by atoms with E-state index in [1.165, 1.54) is 0 Å². The molecule has 0 aliphatic carbocycles. The third kappa shape index (κ3) is 2.78. The van der Waals surface area contributed by atoms with Gasteiger partial charge >= 0.3 is 0 Å². The number of imide groups is 1. The molecular weight excluding hydrogens is 124 g/mol. The van der Waals surface area contributed by atoms with Crippen molar-refractivity contribution in [1.29, 1.82) is 0 Å². The average molecular weight is 132 g/mol. The molecule has 0 saturated carbocycles.